The van der Waals surface area contributed by atoms with E-state index >= 15 is 0 Å². The standard InChI is InChI=1S/C15H21N3S/c1-11-6-15(5-4-13(11)7-12(2)16)18(3)8-14-9-19-10-17-14/h4-6,9-10,12H,7-8,16H2,1-3H3. The molecule has 0 fully saturated rings. The molecule has 0 aliphatic carbocycles. The molecule has 0 aliphatic rings. The van der Waals surface area contributed by atoms with Gasteiger partial charge in [-0.3, -0.25) is 0 Å². The van der Waals surface area contributed by atoms with Gasteiger partial charge in [0.05, 0.1) is 17.7 Å². The summed E-state index contributed by atoms with van der Waals surface area (Å²) in [5.41, 5.74) is 12.7. The van der Waals surface area contributed by atoms with Crippen molar-refractivity contribution in [2.24, 2.45) is 5.73 Å². The van der Waals surface area contributed by atoms with Crippen LogP contribution in [0.2, 0.25) is 0 Å². The zero-order valence-electron chi connectivity index (χ0n) is 11.8. The topological polar surface area (TPSA) is 42.2 Å². The van der Waals surface area contributed by atoms with Crippen molar-refractivity contribution >= 4 is 17.0 Å². The average molecular weight is 275 g/mol. The fraction of sp³-hybridized carbons (Fsp3) is 0.400. The van der Waals surface area contributed by atoms with Crippen LogP contribution >= 0.6 is 11.3 Å². The molecule has 3 nitrogen and oxygen atoms in total. The first-order valence-corrected chi connectivity index (χ1v) is 7.44. The highest BCUT2D eigenvalue weighted by molar-refractivity contribution is 7.07. The summed E-state index contributed by atoms with van der Waals surface area (Å²) in [4.78, 5) is 6.54. The average Bonchev–Trinajstić information content (AvgIpc) is 2.84. The Labute approximate surface area is 119 Å². The molecule has 2 N–H and O–H groups in total. The van der Waals surface area contributed by atoms with E-state index in [4.69, 9.17) is 5.73 Å². The number of rotatable bonds is 5. The molecule has 0 spiro atoms. The number of nitrogens with zero attached hydrogens (tertiary/aromatic N) is 2. The van der Waals surface area contributed by atoms with Gasteiger partial charge in [0.1, 0.15) is 0 Å². The van der Waals surface area contributed by atoms with Crippen LogP contribution in [0, 0.1) is 6.92 Å². The molecule has 19 heavy (non-hydrogen) atoms. The lowest BCUT2D eigenvalue weighted by atomic mass is 10.0. The first-order valence-electron chi connectivity index (χ1n) is 6.49. The Bertz CT molecular complexity index is 520. The number of nitrogens with two attached hydrogens (primary N) is 1. The first kappa shape index (κ1) is 14.0. The van der Waals surface area contributed by atoms with Crippen LogP contribution in [-0.2, 0) is 13.0 Å². The monoisotopic (exact) mass is 275 g/mol. The molecule has 2 aromatic rings. The smallest absolute Gasteiger partial charge is 0.0795 e. The quantitative estimate of drug-likeness (QED) is 0.912. The lowest BCUT2D eigenvalue weighted by Gasteiger charge is -2.20. The van der Waals surface area contributed by atoms with Crippen molar-refractivity contribution in [3.8, 4) is 0 Å². The highest BCUT2D eigenvalue weighted by atomic mass is 32.1. The van der Waals surface area contributed by atoms with E-state index in [0.717, 1.165) is 18.7 Å². The van der Waals surface area contributed by atoms with Crippen molar-refractivity contribution in [2.45, 2.75) is 32.9 Å². The molecule has 102 valence electrons. The van der Waals surface area contributed by atoms with Gasteiger partial charge in [-0.1, -0.05) is 6.07 Å². The Morgan fingerprint density at radius 3 is 2.79 bits per heavy atom. The van der Waals surface area contributed by atoms with Crippen LogP contribution in [0.3, 0.4) is 0 Å². The van der Waals surface area contributed by atoms with Gasteiger partial charge in [-0.05, 0) is 43.5 Å². The van der Waals surface area contributed by atoms with Crippen molar-refractivity contribution in [1.29, 1.82) is 0 Å². The van der Waals surface area contributed by atoms with E-state index in [-0.39, 0.29) is 6.04 Å². The highest BCUT2D eigenvalue weighted by Gasteiger charge is 2.07. The molecule has 0 saturated heterocycles. The summed E-state index contributed by atoms with van der Waals surface area (Å²) in [6.45, 7) is 5.04. The molecule has 0 radical (unpaired) electrons. The van der Waals surface area contributed by atoms with E-state index in [1.165, 1.54) is 16.8 Å². The molecule has 1 aromatic carbocycles. The molecule has 0 bridgehead atoms. The normalized spacial score (nSPS) is 12.4. The van der Waals surface area contributed by atoms with Crippen LogP contribution in [0.1, 0.15) is 23.7 Å². The van der Waals surface area contributed by atoms with Crippen LogP contribution in [0.15, 0.2) is 29.1 Å². The number of anilines is 1. The third-order valence-corrected chi connectivity index (χ3v) is 3.83. The lowest BCUT2D eigenvalue weighted by Crippen LogP contribution is -2.19. The number of aromatic nitrogens is 1. The summed E-state index contributed by atoms with van der Waals surface area (Å²) >= 11 is 1.64. The fourth-order valence-electron chi connectivity index (χ4n) is 2.14. The highest BCUT2D eigenvalue weighted by Crippen LogP contribution is 2.20. The van der Waals surface area contributed by atoms with Crippen molar-refractivity contribution in [3.63, 3.8) is 0 Å². The van der Waals surface area contributed by atoms with E-state index < -0.39 is 0 Å². The number of benzene rings is 1. The molecule has 0 amide bonds. The van der Waals surface area contributed by atoms with E-state index in [1.54, 1.807) is 11.3 Å². The predicted octanol–water partition coefficient (Wildman–Crippen LogP) is 2.98. The molecule has 1 unspecified atom stereocenters. The van der Waals surface area contributed by atoms with Crippen molar-refractivity contribution in [1.82, 2.24) is 4.98 Å². The minimum atomic E-state index is 0.206. The van der Waals surface area contributed by atoms with Crippen molar-refractivity contribution in [2.75, 3.05) is 11.9 Å². The summed E-state index contributed by atoms with van der Waals surface area (Å²) < 4.78 is 0. The Balaban J connectivity index is 2.10. The second-order valence-electron chi connectivity index (χ2n) is 5.13. The van der Waals surface area contributed by atoms with Crippen LogP contribution in [-0.4, -0.2) is 18.1 Å². The van der Waals surface area contributed by atoms with Gasteiger partial charge in [0.2, 0.25) is 0 Å². The summed E-state index contributed by atoms with van der Waals surface area (Å²) in [5.74, 6) is 0. The molecule has 0 aliphatic heterocycles. The minimum Gasteiger partial charge on any atom is -0.369 e. The first-order chi connectivity index (χ1) is 9.06. The minimum absolute atomic E-state index is 0.206. The third-order valence-electron chi connectivity index (χ3n) is 3.19. The maximum Gasteiger partial charge on any atom is 0.0795 e. The van der Waals surface area contributed by atoms with Crippen LogP contribution < -0.4 is 10.6 Å². The van der Waals surface area contributed by atoms with Crippen LogP contribution in [0.4, 0.5) is 5.69 Å². The second kappa shape index (κ2) is 6.17. The third kappa shape index (κ3) is 3.78. The zero-order chi connectivity index (χ0) is 13.8. The summed E-state index contributed by atoms with van der Waals surface area (Å²) in [5, 5.41) is 2.09. The number of thiazole rings is 1. The van der Waals surface area contributed by atoms with Crippen molar-refractivity contribution < 1.29 is 0 Å². The molecule has 0 saturated carbocycles. The summed E-state index contributed by atoms with van der Waals surface area (Å²) in [6.07, 6.45) is 0.932. The summed E-state index contributed by atoms with van der Waals surface area (Å²) in [7, 11) is 2.10. The second-order valence-corrected chi connectivity index (χ2v) is 5.85. The number of hydrogen-bond donors (Lipinski definition) is 1. The van der Waals surface area contributed by atoms with Crippen LogP contribution in [0.5, 0.6) is 0 Å². The fourth-order valence-corrected chi connectivity index (χ4v) is 2.69. The van der Waals surface area contributed by atoms with E-state index in [2.05, 4.69) is 47.4 Å². The van der Waals surface area contributed by atoms with E-state index in [0.29, 0.717) is 0 Å². The molecular formula is C15H21N3S. The van der Waals surface area contributed by atoms with Gasteiger partial charge in [-0.25, -0.2) is 4.98 Å². The van der Waals surface area contributed by atoms with Gasteiger partial charge in [0.15, 0.2) is 0 Å². The van der Waals surface area contributed by atoms with Gasteiger partial charge in [-0.2, -0.15) is 0 Å². The van der Waals surface area contributed by atoms with Gasteiger partial charge < -0.3 is 10.6 Å². The summed E-state index contributed by atoms with van der Waals surface area (Å²) in [6, 6.07) is 6.78. The molecule has 4 heteroatoms. The molecule has 1 aromatic heterocycles. The zero-order valence-corrected chi connectivity index (χ0v) is 12.6. The van der Waals surface area contributed by atoms with Gasteiger partial charge in [0.25, 0.3) is 0 Å². The van der Waals surface area contributed by atoms with Gasteiger partial charge in [-0.15, -0.1) is 11.3 Å². The largest absolute Gasteiger partial charge is 0.369 e. The molecule has 1 atom stereocenters. The molecule has 2 rings (SSSR count). The van der Waals surface area contributed by atoms with Gasteiger partial charge in [0, 0.05) is 24.2 Å². The molecular weight excluding hydrogens is 254 g/mol. The number of aryl methyl sites for hydroxylation is 1. The predicted molar refractivity (Wildman–Crippen MR) is 82.8 cm³/mol. The maximum atomic E-state index is 5.86. The number of hydrogen-bond acceptors (Lipinski definition) is 4. The Hall–Kier alpha value is -1.39. The Morgan fingerprint density at radius 1 is 1.42 bits per heavy atom. The van der Waals surface area contributed by atoms with Gasteiger partial charge >= 0.3 is 0 Å². The lowest BCUT2D eigenvalue weighted by molar-refractivity contribution is 0.734. The van der Waals surface area contributed by atoms with Crippen LogP contribution in [0.25, 0.3) is 0 Å². The SMILES string of the molecule is Cc1cc(N(C)Cc2cscn2)ccc1CC(C)N. The van der Waals surface area contributed by atoms with E-state index in [1.807, 2.05) is 12.4 Å². The molecule has 1 heterocycles. The Morgan fingerprint density at radius 2 is 2.21 bits per heavy atom. The van der Waals surface area contributed by atoms with Crippen molar-refractivity contribution in [3.05, 3.63) is 45.9 Å². The maximum absolute atomic E-state index is 5.86. The van der Waals surface area contributed by atoms with E-state index in [9.17, 15) is 0 Å². The Kier molecular flexibility index (Phi) is 4.56.